The van der Waals surface area contributed by atoms with Crippen LogP contribution < -0.4 is 10.2 Å². The highest BCUT2D eigenvalue weighted by atomic mass is 31.2. The molecular formula is C73H137N2O6P. The summed E-state index contributed by atoms with van der Waals surface area (Å²) in [5.74, 6) is -0.202. The van der Waals surface area contributed by atoms with E-state index in [9.17, 15) is 19.4 Å². The third-order valence-corrected chi connectivity index (χ3v) is 16.9. The summed E-state index contributed by atoms with van der Waals surface area (Å²) < 4.78 is 23.4. The van der Waals surface area contributed by atoms with E-state index in [1.54, 1.807) is 6.08 Å². The normalized spacial score (nSPS) is 14.1. The molecule has 0 aliphatic rings. The number of rotatable bonds is 65. The molecule has 0 fully saturated rings. The van der Waals surface area contributed by atoms with Crippen LogP contribution in [0.25, 0.3) is 0 Å². The monoisotopic (exact) mass is 1170 g/mol. The number of quaternary nitrogens is 1. The molecule has 0 heterocycles. The Morgan fingerprint density at radius 2 is 0.756 bits per heavy atom. The first kappa shape index (κ1) is 79.9. The Kier molecular flexibility index (Phi) is 61.8. The van der Waals surface area contributed by atoms with Gasteiger partial charge in [-0.2, -0.15) is 0 Å². The second-order valence-corrected chi connectivity index (χ2v) is 26.6. The van der Waals surface area contributed by atoms with Gasteiger partial charge in [0.15, 0.2) is 0 Å². The molecule has 8 nitrogen and oxygen atoms in total. The molecule has 0 aromatic heterocycles. The zero-order chi connectivity index (χ0) is 59.8. The molecule has 0 saturated carbocycles. The summed E-state index contributed by atoms with van der Waals surface area (Å²) in [4.78, 5) is 25.6. The summed E-state index contributed by atoms with van der Waals surface area (Å²) in [6.07, 6.45) is 88.9. The lowest BCUT2D eigenvalue weighted by Gasteiger charge is -2.29. The number of nitrogens with one attached hydrogen (secondary N) is 1. The maximum atomic E-state index is 13.0. The summed E-state index contributed by atoms with van der Waals surface area (Å²) in [7, 11) is 1.25. The van der Waals surface area contributed by atoms with Crippen LogP contribution in [0.5, 0.6) is 0 Å². The second kappa shape index (κ2) is 63.4. The van der Waals surface area contributed by atoms with Crippen molar-refractivity contribution in [2.75, 3.05) is 40.9 Å². The Bertz CT molecular complexity index is 1570. The topological polar surface area (TPSA) is 108 Å². The molecule has 0 rings (SSSR count). The largest absolute Gasteiger partial charge is 0.756 e. The van der Waals surface area contributed by atoms with Crippen molar-refractivity contribution in [3.05, 3.63) is 72.9 Å². The lowest BCUT2D eigenvalue weighted by atomic mass is 10.0. The molecule has 0 radical (unpaired) electrons. The van der Waals surface area contributed by atoms with Crippen LogP contribution in [0.15, 0.2) is 72.9 Å². The van der Waals surface area contributed by atoms with Crippen LogP contribution in [-0.2, 0) is 18.4 Å². The highest BCUT2D eigenvalue weighted by Crippen LogP contribution is 2.38. The number of likely N-dealkylation sites (N-methyl/N-ethyl adjacent to an activating group) is 1. The summed E-state index contributed by atoms with van der Waals surface area (Å²) in [6, 6.07) is -0.906. The number of aliphatic hydroxyl groups excluding tert-OH is 1. The summed E-state index contributed by atoms with van der Waals surface area (Å²) >= 11 is 0. The van der Waals surface area contributed by atoms with Crippen LogP contribution in [0, 0.1) is 0 Å². The van der Waals surface area contributed by atoms with Crippen molar-refractivity contribution in [1.29, 1.82) is 0 Å². The molecule has 1 amide bonds. The van der Waals surface area contributed by atoms with Crippen molar-refractivity contribution in [3.8, 4) is 0 Å². The van der Waals surface area contributed by atoms with Crippen LogP contribution in [0.4, 0.5) is 0 Å². The number of unbranched alkanes of at least 4 members (excludes halogenated alkanes) is 42. The van der Waals surface area contributed by atoms with Gasteiger partial charge in [0.05, 0.1) is 39.9 Å². The fraction of sp³-hybridized carbons (Fsp3) is 0.822. The van der Waals surface area contributed by atoms with E-state index in [-0.39, 0.29) is 12.5 Å². The molecule has 480 valence electrons. The van der Waals surface area contributed by atoms with Crippen LogP contribution in [0.3, 0.4) is 0 Å². The van der Waals surface area contributed by atoms with Crippen molar-refractivity contribution in [2.24, 2.45) is 0 Å². The number of amides is 1. The maximum Gasteiger partial charge on any atom is 0.268 e. The Balaban J connectivity index is 4.04. The molecule has 0 saturated heterocycles. The smallest absolute Gasteiger partial charge is 0.268 e. The van der Waals surface area contributed by atoms with Gasteiger partial charge in [0.25, 0.3) is 7.82 Å². The first-order valence-electron chi connectivity index (χ1n) is 35.3. The average Bonchev–Trinajstić information content (AvgIpc) is 3.45. The number of carbonyl (C=O) groups excluding carboxylic acids is 1. The maximum absolute atomic E-state index is 13.0. The number of aliphatic hydroxyl groups is 1. The zero-order valence-electron chi connectivity index (χ0n) is 54.9. The van der Waals surface area contributed by atoms with Gasteiger partial charge < -0.3 is 28.8 Å². The quantitative estimate of drug-likeness (QED) is 0.0272. The van der Waals surface area contributed by atoms with Crippen molar-refractivity contribution < 1.29 is 32.9 Å². The number of nitrogens with zero attached hydrogens (tertiary/aromatic N) is 1. The van der Waals surface area contributed by atoms with Gasteiger partial charge in [-0.1, -0.05) is 331 Å². The number of hydrogen-bond acceptors (Lipinski definition) is 6. The first-order valence-corrected chi connectivity index (χ1v) is 36.8. The second-order valence-electron chi connectivity index (χ2n) is 25.2. The Morgan fingerprint density at radius 1 is 0.439 bits per heavy atom. The van der Waals surface area contributed by atoms with E-state index in [4.69, 9.17) is 9.05 Å². The van der Waals surface area contributed by atoms with Gasteiger partial charge in [-0.05, 0) is 70.6 Å². The zero-order valence-corrected chi connectivity index (χ0v) is 55.8. The van der Waals surface area contributed by atoms with E-state index >= 15 is 0 Å². The third kappa shape index (κ3) is 65.5. The number of phosphoric ester groups is 1. The van der Waals surface area contributed by atoms with Gasteiger partial charge in [0.1, 0.15) is 13.2 Å². The molecule has 0 bridgehead atoms. The fourth-order valence-corrected chi connectivity index (χ4v) is 11.2. The van der Waals surface area contributed by atoms with E-state index < -0.39 is 26.6 Å². The average molecular weight is 1170 g/mol. The highest BCUT2D eigenvalue weighted by molar-refractivity contribution is 7.45. The number of hydrogen-bond donors (Lipinski definition) is 2. The fourth-order valence-electron chi connectivity index (χ4n) is 10.5. The predicted octanol–water partition coefficient (Wildman–Crippen LogP) is 21.9. The van der Waals surface area contributed by atoms with Crippen LogP contribution >= 0.6 is 7.82 Å². The SMILES string of the molecule is CC/C=C\C/C=C\C/C=C\C/C=C\CCCCCCCCCCCCCCCCCCCCCCCCC(=O)NC(COP(=O)([O-])OCC[N+](C)(C)C)C(O)/C=C/CC/C=C/CCCCCCCCCCCCCCCCCCCCC. The Labute approximate surface area is 510 Å². The number of carbonyl (C=O) groups is 1. The van der Waals surface area contributed by atoms with Crippen LogP contribution in [-0.4, -0.2) is 68.5 Å². The molecule has 3 atom stereocenters. The molecular weight excluding hydrogens is 1030 g/mol. The summed E-state index contributed by atoms with van der Waals surface area (Å²) in [6.45, 7) is 4.56. The van der Waals surface area contributed by atoms with Crippen LogP contribution in [0.1, 0.15) is 335 Å². The van der Waals surface area contributed by atoms with Gasteiger partial charge in [-0.25, -0.2) is 0 Å². The van der Waals surface area contributed by atoms with Gasteiger partial charge in [-0.15, -0.1) is 0 Å². The standard InChI is InChI=1S/C73H137N2O6P/c1-6-8-10-12-14-16-18-20-22-24-26-28-30-32-33-34-35-36-37-38-39-40-41-43-45-47-49-51-53-55-57-59-61-63-65-67-73(77)74-71(70-81-82(78,79)80-69-68-75(3,4)5)72(76)66-64-62-60-58-56-54-52-50-48-46-44-42-31-29-27-25-23-21-19-17-15-13-11-9-7-2/h8,10,14,16,20,22,26,28,56,58,64,66,71-72,76H,6-7,9,11-13,15,17-19,21,23-25,27,29-55,57,59-63,65,67-70H2,1-5H3,(H-,74,77,78,79)/b10-8-,16-14-,22-20-,28-26-,58-56+,66-64+. The van der Waals surface area contributed by atoms with E-state index in [2.05, 4.69) is 79.9 Å². The Hall–Kier alpha value is -2.06. The first-order chi connectivity index (χ1) is 40.0. The van der Waals surface area contributed by atoms with Gasteiger partial charge in [0.2, 0.25) is 5.91 Å². The number of phosphoric acid groups is 1. The highest BCUT2D eigenvalue weighted by Gasteiger charge is 2.23. The van der Waals surface area contributed by atoms with Crippen molar-refractivity contribution >= 4 is 13.7 Å². The summed E-state index contributed by atoms with van der Waals surface area (Å²) in [5, 5.41) is 13.9. The molecule has 9 heteroatoms. The molecule has 0 aliphatic heterocycles. The molecule has 0 aromatic carbocycles. The lowest BCUT2D eigenvalue weighted by Crippen LogP contribution is -2.45. The van der Waals surface area contributed by atoms with Gasteiger partial charge in [0, 0.05) is 6.42 Å². The molecule has 0 aromatic rings. The van der Waals surface area contributed by atoms with Crippen molar-refractivity contribution in [3.63, 3.8) is 0 Å². The van der Waals surface area contributed by atoms with Crippen molar-refractivity contribution in [1.82, 2.24) is 5.32 Å². The van der Waals surface area contributed by atoms with E-state index in [0.29, 0.717) is 17.4 Å². The molecule has 2 N–H and O–H groups in total. The van der Waals surface area contributed by atoms with E-state index in [0.717, 1.165) is 64.2 Å². The molecule has 3 unspecified atom stereocenters. The van der Waals surface area contributed by atoms with E-state index in [1.807, 2.05) is 27.2 Å². The minimum absolute atomic E-state index is 0.00622. The number of allylic oxidation sites excluding steroid dienone is 11. The Morgan fingerprint density at radius 3 is 1.13 bits per heavy atom. The minimum Gasteiger partial charge on any atom is -0.756 e. The third-order valence-electron chi connectivity index (χ3n) is 15.9. The molecule has 82 heavy (non-hydrogen) atoms. The van der Waals surface area contributed by atoms with Crippen molar-refractivity contribution in [2.45, 2.75) is 347 Å². The molecule has 0 aliphatic carbocycles. The lowest BCUT2D eigenvalue weighted by molar-refractivity contribution is -0.870. The van der Waals surface area contributed by atoms with Crippen LogP contribution in [0.2, 0.25) is 0 Å². The predicted molar refractivity (Wildman–Crippen MR) is 357 cm³/mol. The molecule has 0 spiro atoms. The summed E-state index contributed by atoms with van der Waals surface area (Å²) in [5.41, 5.74) is 0. The minimum atomic E-state index is -4.61. The van der Waals surface area contributed by atoms with Gasteiger partial charge in [-0.3, -0.25) is 9.36 Å². The van der Waals surface area contributed by atoms with E-state index in [1.165, 1.54) is 250 Å². The van der Waals surface area contributed by atoms with Gasteiger partial charge >= 0.3 is 0 Å².